The summed E-state index contributed by atoms with van der Waals surface area (Å²) < 4.78 is 11.6. The van der Waals surface area contributed by atoms with Gasteiger partial charge in [0.2, 0.25) is 0 Å². The maximum absolute atomic E-state index is 13.1. The smallest absolute Gasteiger partial charge is 0.267 e. The molecule has 0 aromatic carbocycles. The van der Waals surface area contributed by atoms with Crippen molar-refractivity contribution in [3.63, 3.8) is 0 Å². The Hall–Kier alpha value is -3.00. The van der Waals surface area contributed by atoms with Gasteiger partial charge in [0.1, 0.15) is 17.5 Å². The standard InChI is InChI=1S/C20H24N4O4/c1-11-15(16-14(27-4)6-5-8-23-16)17(28-20(11,2)3)19(26)24-12-7-9-22-13(10-12)18(21)25/h5-11,15,17H,1-4H3,(H2,21,25)(H,22,24,26)/t11-,15-,17+/m0/s1. The summed E-state index contributed by atoms with van der Waals surface area (Å²) in [5.41, 5.74) is 5.89. The van der Waals surface area contributed by atoms with Crippen LogP contribution < -0.4 is 15.8 Å². The number of carbonyl (C=O) groups is 2. The molecule has 1 aliphatic rings. The van der Waals surface area contributed by atoms with E-state index < -0.39 is 17.6 Å². The van der Waals surface area contributed by atoms with Gasteiger partial charge in [-0.3, -0.25) is 19.6 Å². The van der Waals surface area contributed by atoms with E-state index in [1.165, 1.54) is 12.3 Å². The number of hydrogen-bond acceptors (Lipinski definition) is 6. The van der Waals surface area contributed by atoms with Crippen molar-refractivity contribution in [1.29, 1.82) is 0 Å². The molecule has 2 aromatic rings. The monoisotopic (exact) mass is 384 g/mol. The van der Waals surface area contributed by atoms with Gasteiger partial charge in [-0.25, -0.2) is 0 Å². The molecule has 3 rings (SSSR count). The molecule has 8 heteroatoms. The maximum atomic E-state index is 13.1. The molecule has 8 nitrogen and oxygen atoms in total. The van der Waals surface area contributed by atoms with Crippen LogP contribution in [0.1, 0.15) is 42.9 Å². The molecule has 1 aliphatic heterocycles. The lowest BCUT2D eigenvalue weighted by Gasteiger charge is -2.24. The van der Waals surface area contributed by atoms with Gasteiger partial charge in [0.15, 0.2) is 0 Å². The molecule has 0 unspecified atom stereocenters. The largest absolute Gasteiger partial charge is 0.495 e. The van der Waals surface area contributed by atoms with E-state index in [0.29, 0.717) is 17.1 Å². The van der Waals surface area contributed by atoms with Gasteiger partial charge in [-0.1, -0.05) is 6.92 Å². The van der Waals surface area contributed by atoms with Crippen LogP contribution in [0, 0.1) is 5.92 Å². The summed E-state index contributed by atoms with van der Waals surface area (Å²) in [6.45, 7) is 5.93. The minimum absolute atomic E-state index is 0.00525. The van der Waals surface area contributed by atoms with E-state index >= 15 is 0 Å². The lowest BCUT2D eigenvalue weighted by molar-refractivity contribution is -0.131. The van der Waals surface area contributed by atoms with E-state index in [-0.39, 0.29) is 23.4 Å². The van der Waals surface area contributed by atoms with Gasteiger partial charge >= 0.3 is 0 Å². The van der Waals surface area contributed by atoms with Crippen LogP contribution in [0.4, 0.5) is 5.69 Å². The van der Waals surface area contributed by atoms with Gasteiger partial charge in [0.25, 0.3) is 11.8 Å². The average Bonchev–Trinajstić information content (AvgIpc) is 2.91. The number of methoxy groups -OCH3 is 1. The molecule has 28 heavy (non-hydrogen) atoms. The third-order valence-corrected chi connectivity index (χ3v) is 5.27. The van der Waals surface area contributed by atoms with Crippen LogP contribution in [0.3, 0.4) is 0 Å². The molecule has 3 heterocycles. The molecule has 2 amide bonds. The Balaban J connectivity index is 1.93. The number of amides is 2. The molecule has 148 valence electrons. The summed E-state index contributed by atoms with van der Waals surface area (Å²) >= 11 is 0. The number of carbonyl (C=O) groups excluding carboxylic acids is 2. The fourth-order valence-corrected chi connectivity index (χ4v) is 3.48. The highest BCUT2D eigenvalue weighted by atomic mass is 16.5. The van der Waals surface area contributed by atoms with Gasteiger partial charge in [-0.05, 0) is 44.0 Å². The summed E-state index contributed by atoms with van der Waals surface area (Å²) in [6.07, 6.45) is 2.31. The molecule has 3 N–H and O–H groups in total. The Kier molecular flexibility index (Phi) is 5.33. The highest BCUT2D eigenvalue weighted by molar-refractivity contribution is 5.97. The second-order valence-electron chi connectivity index (χ2n) is 7.33. The Bertz CT molecular complexity index is 899. The Morgan fingerprint density at radius 1 is 1.25 bits per heavy atom. The molecule has 0 aliphatic carbocycles. The number of pyridine rings is 2. The lowest BCUT2D eigenvalue weighted by Crippen LogP contribution is -2.33. The van der Waals surface area contributed by atoms with Gasteiger partial charge in [0.05, 0.1) is 18.4 Å². The number of primary amides is 1. The van der Waals surface area contributed by atoms with Crippen LogP contribution in [0.2, 0.25) is 0 Å². The number of ether oxygens (including phenoxy) is 2. The van der Waals surface area contributed by atoms with Crippen LogP contribution in [0.25, 0.3) is 0 Å². The highest BCUT2D eigenvalue weighted by Crippen LogP contribution is 2.47. The minimum atomic E-state index is -0.779. The fourth-order valence-electron chi connectivity index (χ4n) is 3.48. The SMILES string of the molecule is COc1cccnc1[C@H]1[C@H](C(=O)Nc2ccnc(C(N)=O)c2)OC(C)(C)[C@H]1C. The van der Waals surface area contributed by atoms with Crippen LogP contribution in [-0.4, -0.2) is 40.6 Å². The summed E-state index contributed by atoms with van der Waals surface area (Å²) in [4.78, 5) is 32.8. The molecule has 0 saturated carbocycles. The zero-order valence-corrected chi connectivity index (χ0v) is 16.3. The first kappa shape index (κ1) is 19.8. The van der Waals surface area contributed by atoms with E-state index in [0.717, 1.165) is 0 Å². The Morgan fingerprint density at radius 3 is 2.68 bits per heavy atom. The molecule has 1 saturated heterocycles. The van der Waals surface area contributed by atoms with Crippen molar-refractivity contribution in [3.05, 3.63) is 48.0 Å². The number of rotatable bonds is 5. The van der Waals surface area contributed by atoms with Crippen molar-refractivity contribution in [2.24, 2.45) is 11.7 Å². The first-order chi connectivity index (χ1) is 13.2. The minimum Gasteiger partial charge on any atom is -0.495 e. The molecule has 0 spiro atoms. The molecule has 0 bridgehead atoms. The van der Waals surface area contributed by atoms with Crippen molar-refractivity contribution < 1.29 is 19.1 Å². The van der Waals surface area contributed by atoms with Crippen LogP contribution in [0.15, 0.2) is 36.7 Å². The molecule has 1 fully saturated rings. The topological polar surface area (TPSA) is 116 Å². The summed E-state index contributed by atoms with van der Waals surface area (Å²) in [6, 6.07) is 6.62. The molecular formula is C20H24N4O4. The molecule has 3 atom stereocenters. The quantitative estimate of drug-likeness (QED) is 0.816. The predicted octanol–water partition coefficient (Wildman–Crippen LogP) is 2.12. The first-order valence-electron chi connectivity index (χ1n) is 8.98. The van der Waals surface area contributed by atoms with Crippen LogP contribution in [0.5, 0.6) is 5.75 Å². The van der Waals surface area contributed by atoms with Gasteiger partial charge in [-0.2, -0.15) is 0 Å². The van der Waals surface area contributed by atoms with Crippen molar-refractivity contribution >= 4 is 17.5 Å². The Morgan fingerprint density at radius 2 is 2.00 bits per heavy atom. The van der Waals surface area contributed by atoms with Gasteiger partial charge in [-0.15, -0.1) is 0 Å². The number of anilines is 1. The third kappa shape index (κ3) is 3.68. The number of aromatic nitrogens is 2. The molecule has 0 radical (unpaired) electrons. The maximum Gasteiger partial charge on any atom is 0.267 e. The fraction of sp³-hybridized carbons (Fsp3) is 0.400. The predicted molar refractivity (Wildman–Crippen MR) is 103 cm³/mol. The van der Waals surface area contributed by atoms with E-state index in [1.54, 1.807) is 25.4 Å². The third-order valence-electron chi connectivity index (χ3n) is 5.27. The first-order valence-corrected chi connectivity index (χ1v) is 8.98. The highest BCUT2D eigenvalue weighted by Gasteiger charge is 2.52. The normalized spacial score (nSPS) is 23.2. The van der Waals surface area contributed by atoms with Gasteiger partial charge in [0, 0.05) is 24.0 Å². The number of hydrogen-bond donors (Lipinski definition) is 2. The second kappa shape index (κ2) is 7.55. The zero-order chi connectivity index (χ0) is 20.5. The van der Waals surface area contributed by atoms with Crippen LogP contribution in [-0.2, 0) is 9.53 Å². The molecule has 2 aromatic heterocycles. The second-order valence-corrected chi connectivity index (χ2v) is 7.33. The number of nitrogens with one attached hydrogen (secondary N) is 1. The van der Waals surface area contributed by atoms with Gasteiger partial charge < -0.3 is 20.5 Å². The molecular weight excluding hydrogens is 360 g/mol. The van der Waals surface area contributed by atoms with Crippen molar-refractivity contribution in [2.45, 2.75) is 38.4 Å². The lowest BCUT2D eigenvalue weighted by atomic mass is 9.80. The summed E-state index contributed by atoms with van der Waals surface area (Å²) in [5, 5.41) is 2.79. The van der Waals surface area contributed by atoms with E-state index in [9.17, 15) is 9.59 Å². The van der Waals surface area contributed by atoms with E-state index in [4.69, 9.17) is 15.2 Å². The summed E-state index contributed by atoms with van der Waals surface area (Å²) in [5.74, 6) is -0.691. The summed E-state index contributed by atoms with van der Waals surface area (Å²) in [7, 11) is 1.57. The van der Waals surface area contributed by atoms with Crippen molar-refractivity contribution in [2.75, 3.05) is 12.4 Å². The number of nitrogens with zero attached hydrogens (tertiary/aromatic N) is 2. The van der Waals surface area contributed by atoms with Crippen molar-refractivity contribution in [3.8, 4) is 5.75 Å². The van der Waals surface area contributed by atoms with Crippen LogP contribution >= 0.6 is 0 Å². The van der Waals surface area contributed by atoms with E-state index in [1.807, 2.05) is 26.8 Å². The zero-order valence-electron chi connectivity index (χ0n) is 16.3. The van der Waals surface area contributed by atoms with E-state index in [2.05, 4.69) is 15.3 Å². The van der Waals surface area contributed by atoms with Crippen molar-refractivity contribution in [1.82, 2.24) is 9.97 Å². The number of nitrogens with two attached hydrogens (primary N) is 1. The Labute approximate surface area is 163 Å². The average molecular weight is 384 g/mol.